The Hall–Kier alpha value is -6.91. The lowest BCUT2D eigenvalue weighted by Gasteiger charge is -2.35. The Bertz CT molecular complexity index is 3630. The molecule has 29 heteroatoms. The van der Waals surface area contributed by atoms with Crippen molar-refractivity contribution in [1.82, 2.24) is 0 Å². The summed E-state index contributed by atoms with van der Waals surface area (Å²) in [5.74, 6) is -28.6. The summed E-state index contributed by atoms with van der Waals surface area (Å²) in [5, 5.41) is -4.42. The van der Waals surface area contributed by atoms with Crippen molar-refractivity contribution in [3.63, 3.8) is 0 Å². The summed E-state index contributed by atoms with van der Waals surface area (Å²) in [5.41, 5.74) is 8.04. The van der Waals surface area contributed by atoms with Gasteiger partial charge in [-0.15, -0.1) is 0 Å². The molecule has 2 aliphatic rings. The Morgan fingerprint density at radius 1 is 0.404 bits per heavy atom. The molecule has 0 unspecified atom stereocenters. The van der Waals surface area contributed by atoms with Crippen LogP contribution in [0.25, 0.3) is 0 Å². The maximum Gasteiger partial charge on any atom is 0.460 e. The number of halogens is 19. The first-order valence-electron chi connectivity index (χ1n) is 26.4. The zero-order chi connectivity index (χ0) is 67.2. The van der Waals surface area contributed by atoms with Crippen molar-refractivity contribution in [3.05, 3.63) is 190 Å². The van der Waals surface area contributed by atoms with E-state index in [1.165, 1.54) is 34.4 Å². The van der Waals surface area contributed by atoms with E-state index < -0.39 is 78.2 Å². The number of fused-ring (bicyclic) bond motifs is 2. The highest BCUT2D eigenvalue weighted by atomic mass is 32.3. The third-order valence-electron chi connectivity index (χ3n) is 14.0. The molecule has 0 spiro atoms. The van der Waals surface area contributed by atoms with E-state index in [0.29, 0.717) is 35.8 Å². The van der Waals surface area contributed by atoms with Gasteiger partial charge >= 0.3 is 66.9 Å². The molecular formula is C60H55F19O8S2. The van der Waals surface area contributed by atoms with Gasteiger partial charge in [0.1, 0.15) is 34.2 Å². The summed E-state index contributed by atoms with van der Waals surface area (Å²) < 4.78 is 297. The minimum atomic E-state index is -7.67. The van der Waals surface area contributed by atoms with Crippen molar-refractivity contribution in [2.75, 3.05) is 0 Å². The van der Waals surface area contributed by atoms with Crippen LogP contribution < -0.4 is 13.7 Å². The van der Waals surface area contributed by atoms with E-state index in [9.17, 15) is 105 Å². The molecule has 8 nitrogen and oxygen atoms in total. The number of hydrogen-bond donors (Lipinski definition) is 1. The van der Waals surface area contributed by atoms with Gasteiger partial charge in [0.25, 0.3) is 0 Å². The molecule has 0 aromatic heterocycles. The van der Waals surface area contributed by atoms with Crippen LogP contribution in [-0.2, 0) is 33.2 Å². The average Bonchev–Trinajstić information content (AvgIpc) is 0.799. The van der Waals surface area contributed by atoms with Crippen LogP contribution in [-0.4, -0.2) is 79.7 Å². The third kappa shape index (κ3) is 15.0. The number of benzene rings is 6. The van der Waals surface area contributed by atoms with Crippen LogP contribution in [0.4, 0.5) is 82.9 Å². The van der Waals surface area contributed by atoms with E-state index in [1.54, 1.807) is 18.2 Å². The zero-order valence-corrected chi connectivity index (χ0v) is 48.9. The van der Waals surface area contributed by atoms with Crippen molar-refractivity contribution in [2.24, 2.45) is 0 Å². The molecular weight excluding hydrogens is 1270 g/mol. The number of ether oxygens (including phenoxy) is 2. The lowest BCUT2D eigenvalue weighted by molar-refractivity contribution is -0.382. The van der Waals surface area contributed by atoms with Crippen molar-refractivity contribution in [3.8, 4) is 23.0 Å². The summed E-state index contributed by atoms with van der Waals surface area (Å²) >= 11 is 0. The molecule has 0 aliphatic heterocycles. The molecule has 89 heavy (non-hydrogen) atoms. The van der Waals surface area contributed by atoms with Gasteiger partial charge in [0.2, 0.25) is 0 Å². The zero-order valence-electron chi connectivity index (χ0n) is 47.3. The Labute approximate surface area is 499 Å². The number of alkyl halides is 18. The minimum absolute atomic E-state index is 0.110. The van der Waals surface area contributed by atoms with Crippen LogP contribution in [0.2, 0.25) is 0 Å². The van der Waals surface area contributed by atoms with E-state index >= 15 is 0 Å². The van der Waals surface area contributed by atoms with Gasteiger partial charge in [0.05, 0.1) is 0 Å². The molecule has 0 bridgehead atoms. The van der Waals surface area contributed by atoms with Gasteiger partial charge in [0.15, 0.2) is 0 Å². The van der Waals surface area contributed by atoms with Gasteiger partial charge in [0, 0.05) is 11.8 Å². The second-order valence-electron chi connectivity index (χ2n) is 22.7. The molecule has 0 amide bonds. The summed E-state index contributed by atoms with van der Waals surface area (Å²) in [6.07, 6.45) is -10.9. The summed E-state index contributed by atoms with van der Waals surface area (Å²) in [6.45, 7) is 11.9. The maximum absolute atomic E-state index is 14.1. The summed E-state index contributed by atoms with van der Waals surface area (Å²) in [4.78, 5) is 0. The first-order chi connectivity index (χ1) is 40.5. The van der Waals surface area contributed by atoms with Crippen molar-refractivity contribution in [2.45, 2.75) is 149 Å². The fourth-order valence-electron chi connectivity index (χ4n) is 9.99. The smallest absolute Gasteiger partial charge is 0.460 e. The van der Waals surface area contributed by atoms with Gasteiger partial charge < -0.3 is 18.8 Å². The molecule has 488 valence electrons. The van der Waals surface area contributed by atoms with E-state index in [2.05, 4.69) is 85.6 Å². The lowest BCUT2D eigenvalue weighted by Crippen LogP contribution is -2.63. The van der Waals surface area contributed by atoms with Crippen LogP contribution in [0.1, 0.15) is 123 Å². The van der Waals surface area contributed by atoms with Gasteiger partial charge in [-0.25, -0.2) is 0 Å². The van der Waals surface area contributed by atoms with Gasteiger partial charge in [-0.1, -0.05) is 101 Å². The molecule has 0 heterocycles. The molecule has 6 aromatic carbocycles. The van der Waals surface area contributed by atoms with Crippen molar-refractivity contribution < 1.29 is 119 Å². The van der Waals surface area contributed by atoms with E-state index in [-0.39, 0.29) is 23.4 Å². The van der Waals surface area contributed by atoms with E-state index in [4.69, 9.17) is 9.47 Å². The molecule has 4 atom stereocenters. The van der Waals surface area contributed by atoms with E-state index in [1.807, 2.05) is 63.2 Å². The number of rotatable bonds is 14. The predicted octanol–water partition coefficient (Wildman–Crippen LogP) is 18.0. The van der Waals surface area contributed by atoms with Gasteiger partial charge in [-0.2, -0.15) is 95.9 Å². The molecule has 2 aliphatic carbocycles. The highest BCUT2D eigenvalue weighted by Crippen LogP contribution is 2.57. The largest absolute Gasteiger partial charge is 0.508 e. The molecule has 6 aromatic rings. The quantitative estimate of drug-likeness (QED) is 0.0651. The summed E-state index contributed by atoms with van der Waals surface area (Å²) in [6, 6.07) is 44.2. The molecule has 0 saturated heterocycles. The Morgan fingerprint density at radius 2 is 0.730 bits per heavy atom. The van der Waals surface area contributed by atoms with Crippen LogP contribution in [0.5, 0.6) is 23.0 Å². The predicted molar refractivity (Wildman–Crippen MR) is 288 cm³/mol. The Morgan fingerprint density at radius 3 is 1.06 bits per heavy atom. The normalized spacial score (nSPS) is 18.2. The monoisotopic (exact) mass is 1330 g/mol. The second kappa shape index (κ2) is 25.1. The second-order valence-corrected chi connectivity index (χ2v) is 25.7. The number of phenolic OH excluding ortho intramolecular Hbond substituents is 1. The van der Waals surface area contributed by atoms with E-state index in [0.717, 1.165) is 47.4 Å². The first-order valence-corrected chi connectivity index (χ1v) is 29.2. The number of aromatic hydroxyl groups is 1. The first kappa shape index (κ1) is 71.2. The van der Waals surface area contributed by atoms with Crippen molar-refractivity contribution in [1.29, 1.82) is 0 Å². The van der Waals surface area contributed by atoms with Crippen LogP contribution in [0, 0.1) is 0 Å². The minimum Gasteiger partial charge on any atom is -0.508 e. The fourth-order valence-corrected chi connectivity index (χ4v) is 11.3. The van der Waals surface area contributed by atoms with Crippen LogP contribution in [0.3, 0.4) is 0 Å². The molecule has 0 radical (unpaired) electrons. The SMILES string of the molecule is CC(C)(C)Oc1ccc2c(c1)CC[C@H](c1ccccc1)[C@@H]2c1ccc(O)cc1.CC(C)(C)Oc1ccc2c(c1)CC[C@H](c1ccccc1)[C@@H]2c1ccc(OS(=O)(=O)C(F)(F)C(F)(F)C(F)(F)C(F)(F)F)cc1.O=S(=O)(F)C(F)(F)C(F)(F)C(F)(F)C(F)(F)F. The molecule has 1 N–H and O–H groups in total. The number of aryl methyl sites for hydroxylation is 2. The number of hydrogen-bond acceptors (Lipinski definition) is 8. The average molecular weight is 1330 g/mol. The fraction of sp³-hybridized carbons (Fsp3) is 0.400. The number of phenols is 1. The Kier molecular flexibility index (Phi) is 20.0. The van der Waals surface area contributed by atoms with Crippen LogP contribution in [0.15, 0.2) is 146 Å². The molecule has 0 saturated carbocycles. The molecule has 8 rings (SSSR count). The topological polar surface area (TPSA) is 116 Å². The maximum atomic E-state index is 14.1. The van der Waals surface area contributed by atoms with Gasteiger partial charge in [-0.3, -0.25) is 0 Å². The highest BCUT2D eigenvalue weighted by molar-refractivity contribution is 7.88. The highest BCUT2D eigenvalue weighted by Gasteiger charge is 2.87. The summed E-state index contributed by atoms with van der Waals surface area (Å²) in [7, 11) is -14.7. The lowest BCUT2D eigenvalue weighted by atomic mass is 9.69. The Balaban J connectivity index is 0.000000238. The van der Waals surface area contributed by atoms with Gasteiger partial charge in [-0.05, 0) is 172 Å². The van der Waals surface area contributed by atoms with Crippen LogP contribution >= 0.6 is 0 Å². The van der Waals surface area contributed by atoms with Crippen molar-refractivity contribution >= 4 is 20.3 Å². The standard InChI is InChI=1S/C30H27F9O4S.C26H28O2.C4F10O2S/c1-26(2,3)42-22-14-16-24-20(17-22)11-15-23(18-7-5-4-6-8-18)25(24)19-9-12-21(13-10-19)43-44(40,41)30(38,39)28(33,34)27(31,32)29(35,36)37;1-26(2,3)28-22-14-16-24-20(17-22)11-15-23(18-7-5-4-6-8-18)25(24)19-9-12-21(27)13-10-19;5-1(6,3(9,10)11)2(7,8)4(12,13)17(14,15)16/h4-10,12-14,16-17,23,25H,11,15H2,1-3H3;4-10,12-14,16-17,23,25,27H,11,15H2,1-3H3;/t2*23-,25+;/m11./s1. The molecule has 0 fully saturated rings. The third-order valence-corrected chi connectivity index (χ3v) is 16.2.